The van der Waals surface area contributed by atoms with Crippen LogP contribution in [0, 0.1) is 0 Å². The quantitative estimate of drug-likeness (QED) is 0.769. The summed E-state index contributed by atoms with van der Waals surface area (Å²) in [7, 11) is 0. The molecule has 1 N–H and O–H groups in total. The fourth-order valence-corrected chi connectivity index (χ4v) is 2.19. The van der Waals surface area contributed by atoms with E-state index in [1.807, 2.05) is 17.5 Å². The summed E-state index contributed by atoms with van der Waals surface area (Å²) in [5.74, 6) is -0.0325. The van der Waals surface area contributed by atoms with Crippen LogP contribution < -0.4 is 0 Å². The fourth-order valence-electron chi connectivity index (χ4n) is 1.58. The molecule has 1 aromatic rings. The van der Waals surface area contributed by atoms with E-state index in [1.54, 1.807) is 35.3 Å². The van der Waals surface area contributed by atoms with E-state index in [0.717, 1.165) is 4.88 Å². The van der Waals surface area contributed by atoms with E-state index >= 15 is 0 Å². The molecule has 3 nitrogen and oxygen atoms in total. The second kappa shape index (κ2) is 3.79. The van der Waals surface area contributed by atoms with Gasteiger partial charge in [0.2, 0.25) is 5.91 Å². The molecule has 1 saturated heterocycles. The van der Waals surface area contributed by atoms with Crippen molar-refractivity contribution in [1.29, 1.82) is 0 Å². The third-order valence-electron chi connectivity index (χ3n) is 2.31. The average molecular weight is 223 g/mol. The monoisotopic (exact) mass is 223 g/mol. The molecule has 1 amide bonds. The van der Waals surface area contributed by atoms with Gasteiger partial charge in [0.05, 0.1) is 18.7 Å². The highest BCUT2D eigenvalue weighted by molar-refractivity contribution is 7.10. The van der Waals surface area contributed by atoms with Gasteiger partial charge in [-0.05, 0) is 24.4 Å². The SMILES string of the molecule is CC1(O)CN(C(=O)C=Cc2cccs2)C1. The molecule has 15 heavy (non-hydrogen) atoms. The molecule has 0 radical (unpaired) electrons. The lowest BCUT2D eigenvalue weighted by Gasteiger charge is -2.43. The maximum absolute atomic E-state index is 11.5. The van der Waals surface area contributed by atoms with Crippen LogP contribution in [0.25, 0.3) is 6.08 Å². The summed E-state index contributed by atoms with van der Waals surface area (Å²) in [6.07, 6.45) is 3.36. The minimum absolute atomic E-state index is 0.0325. The van der Waals surface area contributed by atoms with Gasteiger partial charge in [-0.15, -0.1) is 11.3 Å². The van der Waals surface area contributed by atoms with E-state index in [9.17, 15) is 9.90 Å². The Kier molecular flexibility index (Phi) is 2.63. The summed E-state index contributed by atoms with van der Waals surface area (Å²) >= 11 is 1.60. The van der Waals surface area contributed by atoms with Gasteiger partial charge in [-0.25, -0.2) is 0 Å². The van der Waals surface area contributed by atoms with Crippen LogP contribution in [-0.2, 0) is 4.79 Å². The van der Waals surface area contributed by atoms with Crippen molar-refractivity contribution in [2.75, 3.05) is 13.1 Å². The van der Waals surface area contributed by atoms with E-state index in [0.29, 0.717) is 13.1 Å². The Bertz CT molecular complexity index is 373. The van der Waals surface area contributed by atoms with Gasteiger partial charge in [0, 0.05) is 11.0 Å². The number of carbonyl (C=O) groups is 1. The normalized spacial score (nSPS) is 19.2. The van der Waals surface area contributed by atoms with Gasteiger partial charge in [0.1, 0.15) is 0 Å². The van der Waals surface area contributed by atoms with E-state index in [-0.39, 0.29) is 5.91 Å². The Balaban J connectivity index is 1.89. The van der Waals surface area contributed by atoms with E-state index in [4.69, 9.17) is 0 Å². The van der Waals surface area contributed by atoms with Crippen molar-refractivity contribution in [1.82, 2.24) is 4.90 Å². The summed E-state index contributed by atoms with van der Waals surface area (Å²) in [6.45, 7) is 2.60. The summed E-state index contributed by atoms with van der Waals surface area (Å²) in [6, 6.07) is 3.91. The number of rotatable bonds is 2. The van der Waals surface area contributed by atoms with Crippen LogP contribution in [0.1, 0.15) is 11.8 Å². The number of nitrogens with zero attached hydrogens (tertiary/aromatic N) is 1. The van der Waals surface area contributed by atoms with Crippen molar-refractivity contribution in [2.45, 2.75) is 12.5 Å². The lowest BCUT2D eigenvalue weighted by molar-refractivity contribution is -0.146. The first-order valence-corrected chi connectivity index (χ1v) is 5.68. The van der Waals surface area contributed by atoms with Gasteiger partial charge in [0.25, 0.3) is 0 Å². The number of hydrogen-bond acceptors (Lipinski definition) is 3. The number of carbonyl (C=O) groups excluding carboxylic acids is 1. The van der Waals surface area contributed by atoms with E-state index in [2.05, 4.69) is 0 Å². The molecule has 0 saturated carbocycles. The molecule has 1 aromatic heterocycles. The standard InChI is InChI=1S/C11H13NO2S/c1-11(14)7-12(8-11)10(13)5-4-9-3-2-6-15-9/h2-6,14H,7-8H2,1H3. The molecule has 1 aliphatic rings. The van der Waals surface area contributed by atoms with Crippen molar-refractivity contribution in [3.05, 3.63) is 28.5 Å². The second-order valence-electron chi connectivity index (χ2n) is 4.04. The molecular weight excluding hydrogens is 210 g/mol. The largest absolute Gasteiger partial charge is 0.386 e. The van der Waals surface area contributed by atoms with Gasteiger partial charge in [-0.2, -0.15) is 0 Å². The molecule has 0 bridgehead atoms. The van der Waals surface area contributed by atoms with Crippen molar-refractivity contribution in [3.63, 3.8) is 0 Å². The van der Waals surface area contributed by atoms with Crippen molar-refractivity contribution in [3.8, 4) is 0 Å². The van der Waals surface area contributed by atoms with Gasteiger partial charge in [0.15, 0.2) is 0 Å². The van der Waals surface area contributed by atoms with Crippen LogP contribution in [0.15, 0.2) is 23.6 Å². The number of hydrogen-bond donors (Lipinski definition) is 1. The Morgan fingerprint density at radius 2 is 2.40 bits per heavy atom. The van der Waals surface area contributed by atoms with Gasteiger partial charge in [-0.3, -0.25) is 4.79 Å². The molecule has 0 atom stereocenters. The Morgan fingerprint density at radius 1 is 1.67 bits per heavy atom. The zero-order valence-electron chi connectivity index (χ0n) is 8.51. The third-order valence-corrected chi connectivity index (χ3v) is 3.15. The summed E-state index contributed by atoms with van der Waals surface area (Å²) in [4.78, 5) is 14.2. The lowest BCUT2D eigenvalue weighted by Crippen LogP contribution is -2.61. The van der Waals surface area contributed by atoms with Gasteiger partial charge < -0.3 is 10.0 Å². The van der Waals surface area contributed by atoms with Crippen LogP contribution in [0.3, 0.4) is 0 Å². The van der Waals surface area contributed by atoms with Crippen LogP contribution >= 0.6 is 11.3 Å². The maximum atomic E-state index is 11.5. The number of β-amino-alcohol motifs (C(OH)–C–C–N with tert-alkyl or cyclic N) is 1. The smallest absolute Gasteiger partial charge is 0.246 e. The minimum atomic E-state index is -0.688. The van der Waals surface area contributed by atoms with E-state index < -0.39 is 5.60 Å². The fraction of sp³-hybridized carbons (Fsp3) is 0.364. The molecule has 2 heterocycles. The molecule has 0 unspecified atom stereocenters. The molecule has 2 rings (SSSR count). The third kappa shape index (κ3) is 2.46. The number of aliphatic hydroxyl groups is 1. The molecule has 0 aromatic carbocycles. The van der Waals surface area contributed by atoms with Crippen LogP contribution in [-0.4, -0.2) is 34.6 Å². The summed E-state index contributed by atoms with van der Waals surface area (Å²) in [5, 5.41) is 11.4. The first-order valence-electron chi connectivity index (χ1n) is 4.80. The van der Waals surface area contributed by atoms with Gasteiger partial charge >= 0.3 is 0 Å². The first-order chi connectivity index (χ1) is 7.07. The topological polar surface area (TPSA) is 40.5 Å². The Morgan fingerprint density at radius 3 is 2.93 bits per heavy atom. The zero-order chi connectivity index (χ0) is 10.9. The maximum Gasteiger partial charge on any atom is 0.246 e. The summed E-state index contributed by atoms with van der Waals surface area (Å²) in [5.41, 5.74) is -0.688. The van der Waals surface area contributed by atoms with E-state index in [1.165, 1.54) is 0 Å². The molecule has 1 aliphatic heterocycles. The first kappa shape index (κ1) is 10.4. The number of amides is 1. The minimum Gasteiger partial charge on any atom is -0.386 e. The average Bonchev–Trinajstić information content (AvgIpc) is 2.62. The molecule has 0 aliphatic carbocycles. The molecule has 4 heteroatoms. The van der Waals surface area contributed by atoms with Crippen molar-refractivity contribution < 1.29 is 9.90 Å². The number of likely N-dealkylation sites (tertiary alicyclic amines) is 1. The predicted octanol–water partition coefficient (Wildman–Crippen LogP) is 1.35. The van der Waals surface area contributed by atoms with Gasteiger partial charge in [-0.1, -0.05) is 6.07 Å². The highest BCUT2D eigenvalue weighted by atomic mass is 32.1. The Labute approximate surface area is 92.6 Å². The molecule has 1 fully saturated rings. The van der Waals surface area contributed by atoms with Crippen molar-refractivity contribution in [2.24, 2.45) is 0 Å². The van der Waals surface area contributed by atoms with Crippen LogP contribution in [0.5, 0.6) is 0 Å². The Hall–Kier alpha value is -1.13. The van der Waals surface area contributed by atoms with Crippen molar-refractivity contribution >= 4 is 23.3 Å². The second-order valence-corrected chi connectivity index (χ2v) is 5.02. The zero-order valence-corrected chi connectivity index (χ0v) is 9.33. The van der Waals surface area contributed by atoms with Crippen LogP contribution in [0.4, 0.5) is 0 Å². The predicted molar refractivity (Wildman–Crippen MR) is 60.6 cm³/mol. The van der Waals surface area contributed by atoms with Crippen LogP contribution in [0.2, 0.25) is 0 Å². The lowest BCUT2D eigenvalue weighted by atomic mass is 9.97. The molecule has 0 spiro atoms. The molecule has 80 valence electrons. The highest BCUT2D eigenvalue weighted by Crippen LogP contribution is 2.20. The highest BCUT2D eigenvalue weighted by Gasteiger charge is 2.38. The molecular formula is C11H13NO2S. The number of thiophene rings is 1. The summed E-state index contributed by atoms with van der Waals surface area (Å²) < 4.78 is 0.